The van der Waals surface area contributed by atoms with Crippen LogP contribution in [0.5, 0.6) is 0 Å². The minimum atomic E-state index is -0.659. The van der Waals surface area contributed by atoms with Gasteiger partial charge in [0.2, 0.25) is 0 Å². The van der Waals surface area contributed by atoms with Crippen LogP contribution in [0, 0.1) is 17.0 Å². The highest BCUT2D eigenvalue weighted by Crippen LogP contribution is 2.21. The maximum atomic E-state index is 12.4. The summed E-state index contributed by atoms with van der Waals surface area (Å²) in [6.45, 7) is 1.52. The van der Waals surface area contributed by atoms with Crippen LogP contribution in [-0.4, -0.2) is 23.4 Å². The zero-order valence-electron chi connectivity index (χ0n) is 16.1. The van der Waals surface area contributed by atoms with Crippen molar-refractivity contribution in [2.75, 3.05) is 17.2 Å². The number of esters is 1. The van der Waals surface area contributed by atoms with E-state index in [1.54, 1.807) is 49.6 Å². The van der Waals surface area contributed by atoms with Gasteiger partial charge in [-0.25, -0.2) is 4.79 Å². The Morgan fingerprint density at radius 1 is 1.10 bits per heavy atom. The van der Waals surface area contributed by atoms with Crippen molar-refractivity contribution in [1.82, 2.24) is 0 Å². The highest BCUT2D eigenvalue weighted by molar-refractivity contribution is 5.98. The lowest BCUT2D eigenvalue weighted by Gasteiger charge is -2.12. The molecule has 0 saturated heterocycles. The monoisotopic (exact) mass is 409 g/mol. The van der Waals surface area contributed by atoms with Crippen molar-refractivity contribution in [3.8, 4) is 0 Å². The van der Waals surface area contributed by atoms with Gasteiger partial charge in [0.05, 0.1) is 23.3 Å². The number of furan rings is 1. The summed E-state index contributed by atoms with van der Waals surface area (Å²) in [6, 6.07) is 14.4. The second-order valence-electron chi connectivity index (χ2n) is 6.36. The van der Waals surface area contributed by atoms with Crippen LogP contribution in [0.3, 0.4) is 0 Å². The summed E-state index contributed by atoms with van der Waals surface area (Å²) in [5.41, 5.74) is 1.68. The number of hydrogen-bond donors (Lipinski definition) is 2. The highest BCUT2D eigenvalue weighted by Gasteiger charge is 2.15. The van der Waals surface area contributed by atoms with Crippen LogP contribution >= 0.6 is 0 Å². The number of rotatable bonds is 8. The van der Waals surface area contributed by atoms with Crippen LogP contribution in [-0.2, 0) is 16.1 Å². The van der Waals surface area contributed by atoms with Crippen molar-refractivity contribution >= 4 is 28.9 Å². The summed E-state index contributed by atoms with van der Waals surface area (Å²) in [5.74, 6) is -0.509. The molecule has 9 nitrogen and oxygen atoms in total. The minimum Gasteiger partial charge on any atom is -0.467 e. The lowest BCUT2D eigenvalue weighted by atomic mass is 10.1. The zero-order chi connectivity index (χ0) is 21.5. The van der Waals surface area contributed by atoms with E-state index >= 15 is 0 Å². The number of nitrogens with zero attached hydrogens (tertiary/aromatic N) is 1. The topological polar surface area (TPSA) is 124 Å². The average molecular weight is 409 g/mol. The molecule has 2 N–H and O–H groups in total. The first-order valence-electron chi connectivity index (χ1n) is 9.01. The van der Waals surface area contributed by atoms with Gasteiger partial charge in [-0.1, -0.05) is 12.1 Å². The predicted molar refractivity (Wildman–Crippen MR) is 109 cm³/mol. The summed E-state index contributed by atoms with van der Waals surface area (Å²) in [7, 11) is 0. The molecule has 2 aromatic carbocycles. The summed E-state index contributed by atoms with van der Waals surface area (Å²) in [4.78, 5) is 34.8. The van der Waals surface area contributed by atoms with Crippen molar-refractivity contribution < 1.29 is 23.7 Å². The number of nitro groups is 1. The Hall–Kier alpha value is -4.14. The minimum absolute atomic E-state index is 0.0735. The molecule has 0 aliphatic carbocycles. The van der Waals surface area contributed by atoms with Gasteiger partial charge >= 0.3 is 5.97 Å². The zero-order valence-corrected chi connectivity index (χ0v) is 16.1. The van der Waals surface area contributed by atoms with Crippen molar-refractivity contribution in [3.05, 3.63) is 87.9 Å². The lowest BCUT2D eigenvalue weighted by Crippen LogP contribution is -2.21. The number of benzene rings is 2. The van der Waals surface area contributed by atoms with Crippen molar-refractivity contribution in [1.29, 1.82) is 0 Å². The van der Waals surface area contributed by atoms with Gasteiger partial charge in [-0.3, -0.25) is 14.9 Å². The van der Waals surface area contributed by atoms with Gasteiger partial charge in [0, 0.05) is 23.5 Å². The molecule has 0 saturated carbocycles. The van der Waals surface area contributed by atoms with Gasteiger partial charge < -0.3 is 19.8 Å². The second-order valence-corrected chi connectivity index (χ2v) is 6.36. The average Bonchev–Trinajstić information content (AvgIpc) is 3.25. The van der Waals surface area contributed by atoms with Crippen molar-refractivity contribution in [2.45, 2.75) is 13.5 Å². The number of nitrogens with one attached hydrogen (secondary N) is 2. The van der Waals surface area contributed by atoms with E-state index in [9.17, 15) is 19.7 Å². The van der Waals surface area contributed by atoms with E-state index in [1.165, 1.54) is 18.2 Å². The molecule has 30 heavy (non-hydrogen) atoms. The first-order chi connectivity index (χ1) is 14.4. The molecule has 9 heteroatoms. The molecular weight excluding hydrogens is 390 g/mol. The Labute approximate surface area is 171 Å². The summed E-state index contributed by atoms with van der Waals surface area (Å²) >= 11 is 0. The third-order valence-electron chi connectivity index (χ3n) is 4.21. The van der Waals surface area contributed by atoms with E-state index in [0.717, 1.165) is 0 Å². The fourth-order valence-corrected chi connectivity index (χ4v) is 2.71. The van der Waals surface area contributed by atoms with E-state index in [1.807, 2.05) is 0 Å². The fourth-order valence-electron chi connectivity index (χ4n) is 2.71. The number of carbonyl (C=O) groups is 2. The fraction of sp³-hybridized carbons (Fsp3) is 0.143. The smallest absolute Gasteiger partial charge is 0.340 e. The molecule has 1 heterocycles. The molecule has 0 fully saturated rings. The molecule has 154 valence electrons. The van der Waals surface area contributed by atoms with Gasteiger partial charge in [-0.2, -0.15) is 0 Å². The molecule has 0 unspecified atom stereocenters. The molecule has 0 aliphatic heterocycles. The number of para-hydroxylation sites is 1. The van der Waals surface area contributed by atoms with Crippen LogP contribution in [0.4, 0.5) is 17.1 Å². The maximum absolute atomic E-state index is 12.4. The molecule has 0 spiro atoms. The predicted octanol–water partition coefficient (Wildman–Crippen LogP) is 3.90. The van der Waals surface area contributed by atoms with Gasteiger partial charge in [0.1, 0.15) is 5.76 Å². The lowest BCUT2D eigenvalue weighted by molar-refractivity contribution is -0.384. The maximum Gasteiger partial charge on any atom is 0.340 e. The number of carbonyl (C=O) groups excluding carboxylic acids is 2. The Morgan fingerprint density at radius 2 is 1.90 bits per heavy atom. The number of ether oxygens (including phenoxy) is 1. The standard InChI is InChI=1S/C21H19N3O6/c1-14-11-15(24(27)28)8-9-18(14)23-20(25)13-30-21(26)17-6-2-3-7-19(17)22-12-16-5-4-10-29-16/h2-11,22H,12-13H2,1H3,(H,23,25). The Morgan fingerprint density at radius 3 is 2.60 bits per heavy atom. The third kappa shape index (κ3) is 5.22. The first kappa shape index (κ1) is 20.6. The van der Waals surface area contributed by atoms with E-state index in [0.29, 0.717) is 29.2 Å². The number of nitro benzene ring substituents is 1. The Balaban J connectivity index is 1.58. The molecule has 0 atom stereocenters. The van der Waals surface area contributed by atoms with Crippen molar-refractivity contribution in [2.24, 2.45) is 0 Å². The Kier molecular flexibility index (Phi) is 6.43. The van der Waals surface area contributed by atoms with Gasteiger partial charge in [0.25, 0.3) is 11.6 Å². The summed E-state index contributed by atoms with van der Waals surface area (Å²) in [6.07, 6.45) is 1.56. The van der Waals surface area contributed by atoms with Crippen LogP contribution in [0.1, 0.15) is 21.7 Å². The quantitative estimate of drug-likeness (QED) is 0.328. The molecule has 0 radical (unpaired) electrons. The number of amides is 1. The number of non-ortho nitro benzene ring substituents is 1. The third-order valence-corrected chi connectivity index (χ3v) is 4.21. The number of aryl methyl sites for hydroxylation is 1. The van der Waals surface area contributed by atoms with Crippen LogP contribution < -0.4 is 10.6 Å². The normalized spacial score (nSPS) is 10.3. The molecule has 3 aromatic rings. The molecule has 0 bridgehead atoms. The van der Waals surface area contributed by atoms with Crippen LogP contribution in [0.15, 0.2) is 65.3 Å². The van der Waals surface area contributed by atoms with Crippen LogP contribution in [0.2, 0.25) is 0 Å². The van der Waals surface area contributed by atoms with E-state index in [4.69, 9.17) is 9.15 Å². The highest BCUT2D eigenvalue weighted by atomic mass is 16.6. The Bertz CT molecular complexity index is 1060. The van der Waals surface area contributed by atoms with E-state index < -0.39 is 23.4 Å². The molecule has 3 rings (SSSR count). The number of anilines is 2. The molecular formula is C21H19N3O6. The summed E-state index contributed by atoms with van der Waals surface area (Å²) < 4.78 is 10.4. The second kappa shape index (κ2) is 9.37. The molecule has 1 aromatic heterocycles. The first-order valence-corrected chi connectivity index (χ1v) is 9.01. The van der Waals surface area contributed by atoms with Gasteiger partial charge in [-0.05, 0) is 42.8 Å². The summed E-state index contributed by atoms with van der Waals surface area (Å²) in [5, 5.41) is 16.5. The van der Waals surface area contributed by atoms with Crippen LogP contribution in [0.25, 0.3) is 0 Å². The van der Waals surface area contributed by atoms with E-state index in [-0.39, 0.29) is 11.3 Å². The van der Waals surface area contributed by atoms with Gasteiger partial charge in [-0.15, -0.1) is 0 Å². The SMILES string of the molecule is Cc1cc([N+](=O)[O-])ccc1NC(=O)COC(=O)c1ccccc1NCc1ccco1. The van der Waals surface area contributed by atoms with Gasteiger partial charge in [0.15, 0.2) is 6.61 Å². The van der Waals surface area contributed by atoms with E-state index in [2.05, 4.69) is 10.6 Å². The van der Waals surface area contributed by atoms with Crippen molar-refractivity contribution in [3.63, 3.8) is 0 Å². The number of hydrogen-bond acceptors (Lipinski definition) is 7. The largest absolute Gasteiger partial charge is 0.467 e. The molecule has 0 aliphatic rings. The molecule has 1 amide bonds.